The summed E-state index contributed by atoms with van der Waals surface area (Å²) in [7, 11) is 2.93. The van der Waals surface area contributed by atoms with Gasteiger partial charge < -0.3 is 33.5 Å². The Bertz CT molecular complexity index is 1070. The first kappa shape index (κ1) is 23.5. The van der Waals surface area contributed by atoms with E-state index in [2.05, 4.69) is 0 Å². The van der Waals surface area contributed by atoms with Crippen molar-refractivity contribution in [3.05, 3.63) is 41.0 Å². The first-order valence-corrected chi connectivity index (χ1v) is 11.0. The van der Waals surface area contributed by atoms with Crippen LogP contribution in [0.15, 0.2) is 24.3 Å². The van der Waals surface area contributed by atoms with E-state index in [1.54, 1.807) is 12.1 Å². The SMILES string of the molecule is COc1cc(C2c3cc4c(cc3CC(COC(C)=O)C2COC(C)=O)OCO4)cc(OC)c1O. The lowest BCUT2D eigenvalue weighted by Crippen LogP contribution is -2.37. The number of carbonyl (C=O) groups excluding carboxylic acids is 2. The highest BCUT2D eigenvalue weighted by Gasteiger charge is 2.41. The first-order valence-electron chi connectivity index (χ1n) is 11.0. The van der Waals surface area contributed by atoms with Gasteiger partial charge in [-0.1, -0.05) is 0 Å². The number of hydrogen-bond acceptors (Lipinski definition) is 9. The molecule has 3 unspecified atom stereocenters. The Morgan fingerprint density at radius 2 is 1.53 bits per heavy atom. The average Bonchev–Trinajstić information content (AvgIpc) is 3.26. The molecule has 1 aliphatic heterocycles. The number of fused-ring (bicyclic) bond motifs is 2. The van der Waals surface area contributed by atoms with Crippen molar-refractivity contribution in [2.24, 2.45) is 11.8 Å². The molecule has 182 valence electrons. The number of hydrogen-bond donors (Lipinski definition) is 1. The van der Waals surface area contributed by atoms with Gasteiger partial charge in [-0.25, -0.2) is 0 Å². The van der Waals surface area contributed by atoms with Gasteiger partial charge >= 0.3 is 11.9 Å². The Kier molecular flexibility index (Phi) is 6.72. The van der Waals surface area contributed by atoms with Crippen molar-refractivity contribution in [1.29, 1.82) is 0 Å². The summed E-state index contributed by atoms with van der Waals surface area (Å²) >= 11 is 0. The number of ether oxygens (including phenoxy) is 6. The second-order valence-corrected chi connectivity index (χ2v) is 8.39. The van der Waals surface area contributed by atoms with Crippen LogP contribution in [0.2, 0.25) is 0 Å². The summed E-state index contributed by atoms with van der Waals surface area (Å²) < 4.78 is 32.9. The molecule has 0 radical (unpaired) electrons. The Balaban J connectivity index is 1.88. The van der Waals surface area contributed by atoms with Crippen molar-refractivity contribution < 1.29 is 43.1 Å². The van der Waals surface area contributed by atoms with Crippen LogP contribution in [-0.4, -0.2) is 51.3 Å². The Morgan fingerprint density at radius 3 is 2.12 bits per heavy atom. The van der Waals surface area contributed by atoms with Crippen molar-refractivity contribution >= 4 is 11.9 Å². The topological polar surface area (TPSA) is 110 Å². The van der Waals surface area contributed by atoms with Crippen LogP contribution >= 0.6 is 0 Å². The van der Waals surface area contributed by atoms with E-state index in [4.69, 9.17) is 28.4 Å². The van der Waals surface area contributed by atoms with Gasteiger partial charge in [0, 0.05) is 31.6 Å². The number of carbonyl (C=O) groups is 2. The lowest BCUT2D eigenvalue weighted by atomic mass is 9.66. The molecule has 9 nitrogen and oxygen atoms in total. The van der Waals surface area contributed by atoms with Gasteiger partial charge in [0.25, 0.3) is 0 Å². The van der Waals surface area contributed by atoms with Gasteiger partial charge in [-0.2, -0.15) is 0 Å². The van der Waals surface area contributed by atoms with Crippen LogP contribution < -0.4 is 18.9 Å². The molecule has 0 bridgehead atoms. The van der Waals surface area contributed by atoms with Gasteiger partial charge in [0.05, 0.1) is 27.4 Å². The van der Waals surface area contributed by atoms with Gasteiger partial charge in [-0.3, -0.25) is 9.59 Å². The summed E-state index contributed by atoms with van der Waals surface area (Å²) in [5.41, 5.74) is 2.77. The Labute approximate surface area is 197 Å². The molecule has 1 N–H and O–H groups in total. The van der Waals surface area contributed by atoms with Crippen LogP contribution in [0, 0.1) is 11.8 Å². The zero-order valence-corrected chi connectivity index (χ0v) is 19.6. The summed E-state index contributed by atoms with van der Waals surface area (Å²) in [4.78, 5) is 23.3. The standard InChI is InChI=1S/C25H28O9/c1-13(26)31-10-17-5-15-6-20-21(34-12-33-20)9-18(15)24(19(17)11-32-14(2)27)16-7-22(29-3)25(28)23(8-16)30-4/h6-9,17,19,24,28H,5,10-12H2,1-4H3. The highest BCUT2D eigenvalue weighted by molar-refractivity contribution is 5.66. The van der Waals surface area contributed by atoms with Crippen molar-refractivity contribution in [3.8, 4) is 28.7 Å². The minimum absolute atomic E-state index is 0.108. The number of methoxy groups -OCH3 is 2. The van der Waals surface area contributed by atoms with Crippen LogP contribution in [0.5, 0.6) is 28.7 Å². The molecule has 0 spiro atoms. The van der Waals surface area contributed by atoms with Crippen LogP contribution in [0.4, 0.5) is 0 Å². The maximum atomic E-state index is 11.7. The van der Waals surface area contributed by atoms with Crippen LogP contribution in [0.25, 0.3) is 0 Å². The van der Waals surface area contributed by atoms with Gasteiger partial charge in [-0.15, -0.1) is 0 Å². The molecular weight excluding hydrogens is 444 g/mol. The van der Waals surface area contributed by atoms with E-state index in [1.165, 1.54) is 28.1 Å². The van der Waals surface area contributed by atoms with E-state index >= 15 is 0 Å². The molecule has 4 rings (SSSR count). The zero-order chi connectivity index (χ0) is 24.4. The number of benzene rings is 2. The number of esters is 2. The van der Waals surface area contributed by atoms with E-state index in [0.29, 0.717) is 17.9 Å². The van der Waals surface area contributed by atoms with Crippen LogP contribution in [0.3, 0.4) is 0 Å². The smallest absolute Gasteiger partial charge is 0.302 e. The molecule has 0 saturated heterocycles. The normalized spacial score (nSPS) is 20.3. The number of aromatic hydroxyl groups is 1. The molecule has 1 aliphatic carbocycles. The summed E-state index contributed by atoms with van der Waals surface area (Å²) in [5, 5.41) is 10.5. The highest BCUT2D eigenvalue weighted by atomic mass is 16.7. The van der Waals surface area contributed by atoms with E-state index in [0.717, 1.165) is 16.7 Å². The largest absolute Gasteiger partial charge is 0.502 e. The second kappa shape index (κ2) is 9.70. The molecule has 0 fully saturated rings. The molecule has 9 heteroatoms. The van der Waals surface area contributed by atoms with Crippen LogP contribution in [-0.2, 0) is 25.5 Å². The molecule has 1 heterocycles. The van der Waals surface area contributed by atoms with Gasteiger partial charge in [0.15, 0.2) is 23.0 Å². The predicted octanol–water partition coefficient (Wildman–Crippen LogP) is 3.18. The Hall–Kier alpha value is -3.62. The lowest BCUT2D eigenvalue weighted by Gasteiger charge is -2.39. The maximum Gasteiger partial charge on any atom is 0.302 e. The predicted molar refractivity (Wildman–Crippen MR) is 120 cm³/mol. The first-order chi connectivity index (χ1) is 16.3. The molecule has 2 aromatic rings. The minimum atomic E-state index is -0.401. The molecule has 2 aromatic carbocycles. The molecule has 0 amide bonds. The van der Waals surface area contributed by atoms with Gasteiger partial charge in [0.2, 0.25) is 12.5 Å². The van der Waals surface area contributed by atoms with Crippen molar-refractivity contribution in [2.45, 2.75) is 26.2 Å². The molecule has 0 saturated carbocycles. The molecule has 34 heavy (non-hydrogen) atoms. The zero-order valence-electron chi connectivity index (χ0n) is 19.6. The van der Waals surface area contributed by atoms with E-state index in [1.807, 2.05) is 12.1 Å². The fourth-order valence-corrected chi connectivity index (χ4v) is 4.78. The quantitative estimate of drug-likeness (QED) is 0.608. The number of phenols is 1. The maximum absolute atomic E-state index is 11.7. The van der Waals surface area contributed by atoms with Gasteiger partial charge in [-0.05, 0) is 47.4 Å². The van der Waals surface area contributed by atoms with Crippen molar-refractivity contribution in [1.82, 2.24) is 0 Å². The number of phenolic OH excluding ortho intramolecular Hbond substituents is 1. The number of rotatable bonds is 7. The van der Waals surface area contributed by atoms with E-state index < -0.39 is 5.97 Å². The molecule has 0 aromatic heterocycles. The molecule has 2 aliphatic rings. The molecular formula is C25H28O9. The summed E-state index contributed by atoms with van der Waals surface area (Å²) in [6, 6.07) is 7.37. The summed E-state index contributed by atoms with van der Waals surface area (Å²) in [6.07, 6.45) is 0.591. The van der Waals surface area contributed by atoms with E-state index in [9.17, 15) is 14.7 Å². The summed E-state index contributed by atoms with van der Waals surface area (Å²) in [5.74, 6) is 0.214. The van der Waals surface area contributed by atoms with Crippen molar-refractivity contribution in [2.75, 3.05) is 34.2 Å². The summed E-state index contributed by atoms with van der Waals surface area (Å²) in [6.45, 7) is 3.14. The Morgan fingerprint density at radius 1 is 0.941 bits per heavy atom. The highest BCUT2D eigenvalue weighted by Crippen LogP contribution is 2.50. The van der Waals surface area contributed by atoms with Gasteiger partial charge in [0.1, 0.15) is 0 Å². The third kappa shape index (κ3) is 4.55. The van der Waals surface area contributed by atoms with Crippen LogP contribution in [0.1, 0.15) is 36.5 Å². The minimum Gasteiger partial charge on any atom is -0.502 e. The van der Waals surface area contributed by atoms with E-state index in [-0.39, 0.29) is 61.0 Å². The monoisotopic (exact) mass is 472 g/mol. The third-order valence-corrected chi connectivity index (χ3v) is 6.33. The molecule has 3 atom stereocenters. The average molecular weight is 472 g/mol. The second-order valence-electron chi connectivity index (χ2n) is 8.39. The lowest BCUT2D eigenvalue weighted by molar-refractivity contribution is -0.147. The third-order valence-electron chi connectivity index (χ3n) is 6.33. The fourth-order valence-electron chi connectivity index (χ4n) is 4.78. The fraction of sp³-hybridized carbons (Fsp3) is 0.440. The van der Waals surface area contributed by atoms with Crippen molar-refractivity contribution in [3.63, 3.8) is 0 Å².